The molecule has 2 aliphatic heterocycles. The molecule has 326 valence electrons. The lowest BCUT2D eigenvalue weighted by atomic mass is 9.68. The first-order chi connectivity index (χ1) is 31.9. The molecule has 66 heavy (non-hydrogen) atoms. The molecular weight excluding hydrogens is 913 g/mol. The number of rotatable bonds is 6. The summed E-state index contributed by atoms with van der Waals surface area (Å²) < 4.78 is 15.0. The predicted octanol–water partition coefficient (Wildman–Crippen LogP) is 11.3. The zero-order valence-corrected chi connectivity index (χ0v) is 38.5. The van der Waals surface area contributed by atoms with Gasteiger partial charge >= 0.3 is 12.2 Å². The molecule has 1 saturated carbocycles. The quantitative estimate of drug-likeness (QED) is 0.115. The third kappa shape index (κ3) is 6.87. The molecule has 1 fully saturated rings. The largest absolute Gasteiger partial charge is 0.444 e. The standard InChI is InChI=1S/C50H34N4O8S4/c1-26-32(44(55)53(46(57)34(26)22-51)48(59)61-24-28-12-6-3-7-13-28)18-30-20-36-40(63-30)38-42(65-36)43-39(50(38)16-10-5-11-17-50)41-37(66-43)21-31(64-41)19-33-27(2)35(23-52)47(58)54(45(33)56)49(60)62-25-29-14-8-4-9-15-29/h3-4,6-9,12-15,18-21H,5,10-11,16-17,24-25H2,1-2H3/b32-18+,33-19+. The number of carbonyl (C=O) groups excluding carboxylic acids is 6. The summed E-state index contributed by atoms with van der Waals surface area (Å²) in [5, 5.41) is 20.0. The molecule has 16 heteroatoms. The van der Waals surface area contributed by atoms with Crippen molar-refractivity contribution in [3.63, 3.8) is 0 Å². The minimum Gasteiger partial charge on any atom is -0.444 e. The first-order valence-corrected chi connectivity index (χ1v) is 24.2. The molecule has 1 spiro atoms. The number of ether oxygens (including phenoxy) is 2. The van der Waals surface area contributed by atoms with Crippen LogP contribution in [-0.4, -0.2) is 45.6 Å². The molecule has 4 aromatic heterocycles. The maximum atomic E-state index is 13.9. The molecule has 6 heterocycles. The Balaban J connectivity index is 0.989. The molecule has 2 aromatic carbocycles. The van der Waals surface area contributed by atoms with Crippen LogP contribution in [0.2, 0.25) is 0 Å². The summed E-state index contributed by atoms with van der Waals surface area (Å²) in [6.45, 7) is 2.75. The second kappa shape index (κ2) is 16.7. The van der Waals surface area contributed by atoms with E-state index in [1.807, 2.05) is 36.4 Å². The molecule has 6 aromatic rings. The number of hydrogen-bond donors (Lipinski definition) is 0. The van der Waals surface area contributed by atoms with Crippen LogP contribution in [0.25, 0.3) is 40.7 Å². The molecule has 0 saturated heterocycles. The average Bonchev–Trinajstić information content (AvgIpc) is 4.11. The van der Waals surface area contributed by atoms with Gasteiger partial charge in [-0.15, -0.1) is 45.3 Å². The summed E-state index contributed by atoms with van der Waals surface area (Å²) in [5.41, 5.74) is 3.43. The lowest BCUT2D eigenvalue weighted by molar-refractivity contribution is -0.140. The van der Waals surface area contributed by atoms with Gasteiger partial charge in [-0.2, -0.15) is 20.3 Å². The lowest BCUT2D eigenvalue weighted by Crippen LogP contribution is -2.46. The lowest BCUT2D eigenvalue weighted by Gasteiger charge is -2.35. The van der Waals surface area contributed by atoms with Gasteiger partial charge in [0.25, 0.3) is 23.6 Å². The third-order valence-electron chi connectivity index (χ3n) is 12.5. The summed E-state index contributed by atoms with van der Waals surface area (Å²) in [7, 11) is 0. The molecule has 0 bridgehead atoms. The van der Waals surface area contributed by atoms with E-state index in [4.69, 9.17) is 9.47 Å². The number of carbonyl (C=O) groups is 6. The molecule has 10 rings (SSSR count). The monoisotopic (exact) mass is 946 g/mol. The number of fused-ring (bicyclic) bond motifs is 9. The van der Waals surface area contributed by atoms with E-state index in [1.54, 1.807) is 83.4 Å². The van der Waals surface area contributed by atoms with E-state index in [0.717, 1.165) is 60.7 Å². The van der Waals surface area contributed by atoms with E-state index in [-0.39, 0.29) is 52.1 Å². The molecule has 0 N–H and O–H groups in total. The van der Waals surface area contributed by atoms with E-state index in [0.29, 0.717) is 20.9 Å². The Hall–Kier alpha value is -7.08. The summed E-state index contributed by atoms with van der Waals surface area (Å²) in [5.74, 6) is -3.77. The topological polar surface area (TPSA) is 175 Å². The van der Waals surface area contributed by atoms with Crippen LogP contribution in [-0.2, 0) is 47.3 Å². The Labute approximate surface area is 393 Å². The molecular formula is C50H34N4O8S4. The van der Waals surface area contributed by atoms with Crippen molar-refractivity contribution < 1.29 is 38.2 Å². The molecule has 4 aliphatic rings. The molecule has 12 nitrogen and oxygen atoms in total. The highest BCUT2D eigenvalue weighted by Gasteiger charge is 2.50. The van der Waals surface area contributed by atoms with E-state index >= 15 is 0 Å². The molecule has 2 aliphatic carbocycles. The Morgan fingerprint density at radius 2 is 1.03 bits per heavy atom. The van der Waals surface area contributed by atoms with Crippen molar-refractivity contribution in [2.75, 3.05) is 0 Å². The Bertz CT molecular complexity index is 3140. The van der Waals surface area contributed by atoms with E-state index in [2.05, 4.69) is 0 Å². The fraction of sp³-hybridized carbons (Fsp3) is 0.200. The number of nitriles is 2. The van der Waals surface area contributed by atoms with Crippen LogP contribution in [0.15, 0.2) is 106 Å². The molecule has 0 unspecified atom stereocenters. The van der Waals surface area contributed by atoms with Crippen molar-refractivity contribution in [1.82, 2.24) is 9.80 Å². The second-order valence-corrected chi connectivity index (χ2v) is 20.5. The minimum absolute atomic E-state index is 0.0572. The maximum Gasteiger partial charge on any atom is 0.424 e. The van der Waals surface area contributed by atoms with Crippen LogP contribution in [0.4, 0.5) is 9.59 Å². The van der Waals surface area contributed by atoms with Crippen LogP contribution < -0.4 is 0 Å². The van der Waals surface area contributed by atoms with Gasteiger partial charge < -0.3 is 9.47 Å². The van der Waals surface area contributed by atoms with Gasteiger partial charge in [0, 0.05) is 46.8 Å². The van der Waals surface area contributed by atoms with Crippen molar-refractivity contribution in [3.05, 3.63) is 138 Å². The van der Waals surface area contributed by atoms with Crippen LogP contribution in [0.3, 0.4) is 0 Å². The normalized spacial score (nSPS) is 18.2. The van der Waals surface area contributed by atoms with Crippen molar-refractivity contribution in [2.24, 2.45) is 0 Å². The predicted molar refractivity (Wildman–Crippen MR) is 252 cm³/mol. The molecule has 6 amide bonds. The number of nitrogens with zero attached hydrogens (tertiary/aromatic N) is 4. The zero-order chi connectivity index (χ0) is 46.0. The van der Waals surface area contributed by atoms with Gasteiger partial charge in [-0.05, 0) is 73.2 Å². The van der Waals surface area contributed by atoms with Crippen LogP contribution in [0, 0.1) is 22.7 Å². The van der Waals surface area contributed by atoms with E-state index in [9.17, 15) is 39.3 Å². The van der Waals surface area contributed by atoms with Crippen LogP contribution >= 0.6 is 45.3 Å². The highest BCUT2D eigenvalue weighted by molar-refractivity contribution is 7.35. The van der Waals surface area contributed by atoms with Gasteiger partial charge in [-0.25, -0.2) is 9.59 Å². The maximum absolute atomic E-state index is 13.9. The minimum atomic E-state index is -1.16. The Morgan fingerprint density at radius 1 is 0.621 bits per heavy atom. The van der Waals surface area contributed by atoms with Gasteiger partial charge in [0.2, 0.25) is 0 Å². The van der Waals surface area contributed by atoms with Crippen molar-refractivity contribution in [1.29, 1.82) is 10.5 Å². The van der Waals surface area contributed by atoms with Gasteiger partial charge in [0.05, 0.1) is 19.2 Å². The van der Waals surface area contributed by atoms with Crippen molar-refractivity contribution in [2.45, 2.75) is 64.6 Å². The Morgan fingerprint density at radius 3 is 1.42 bits per heavy atom. The fourth-order valence-electron chi connectivity index (χ4n) is 9.27. The van der Waals surface area contributed by atoms with Gasteiger partial charge in [-0.3, -0.25) is 19.2 Å². The SMILES string of the molecule is CC1=C(C#N)C(=O)N(C(=O)OCc2ccccc2)C(=O)/C1=C/c1cc2sc3c(c2s1)C1(CCCCC1)c1c-3sc2cc(/C=C3/C(=O)N(C(=O)OCc4ccccc4)C(=O)C(C#N)=C3C)sc12. The third-order valence-corrected chi connectivity index (χ3v) is 17.4. The number of hydrogen-bond acceptors (Lipinski definition) is 14. The van der Waals surface area contributed by atoms with Crippen molar-refractivity contribution >= 4 is 112 Å². The first kappa shape index (κ1) is 42.8. The van der Waals surface area contributed by atoms with E-state index < -0.39 is 35.8 Å². The number of amides is 6. The zero-order valence-electron chi connectivity index (χ0n) is 35.2. The average molecular weight is 947 g/mol. The van der Waals surface area contributed by atoms with Gasteiger partial charge in [-0.1, -0.05) is 79.9 Å². The number of benzene rings is 2. The van der Waals surface area contributed by atoms with Crippen molar-refractivity contribution in [3.8, 4) is 21.9 Å². The van der Waals surface area contributed by atoms with E-state index in [1.165, 1.54) is 57.4 Å². The fourth-order valence-corrected chi connectivity index (χ4v) is 15.0. The van der Waals surface area contributed by atoms with Gasteiger partial charge in [0.1, 0.15) is 36.5 Å². The summed E-state index contributed by atoms with van der Waals surface area (Å²) in [6.07, 6.45) is 5.99. The highest BCUT2D eigenvalue weighted by atomic mass is 32.1. The number of thiophene rings is 4. The van der Waals surface area contributed by atoms with Gasteiger partial charge in [0.15, 0.2) is 0 Å². The molecule has 0 radical (unpaired) electrons. The second-order valence-electron chi connectivity index (χ2n) is 16.3. The molecule has 0 atom stereocenters. The summed E-state index contributed by atoms with van der Waals surface area (Å²) in [6, 6.07) is 25.5. The first-order valence-electron chi connectivity index (χ1n) is 20.9. The summed E-state index contributed by atoms with van der Waals surface area (Å²) in [4.78, 5) is 85.7. The number of imide groups is 6. The Kier molecular flexibility index (Phi) is 10.9. The highest BCUT2D eigenvalue weighted by Crippen LogP contribution is 2.66. The summed E-state index contributed by atoms with van der Waals surface area (Å²) >= 11 is 6.45. The van der Waals surface area contributed by atoms with Crippen LogP contribution in [0.5, 0.6) is 0 Å². The smallest absolute Gasteiger partial charge is 0.424 e. The van der Waals surface area contributed by atoms with Crippen LogP contribution in [0.1, 0.15) is 78.0 Å².